The molecule has 0 aliphatic carbocycles. The maximum absolute atomic E-state index is 13.4. The Morgan fingerprint density at radius 3 is 2.39 bits per heavy atom. The predicted octanol–water partition coefficient (Wildman–Crippen LogP) is 1.46. The van der Waals surface area contributed by atoms with Crippen molar-refractivity contribution in [3.8, 4) is 0 Å². The first-order valence-electron chi connectivity index (χ1n) is 6.04. The molecule has 1 aliphatic rings. The third-order valence-corrected chi connectivity index (χ3v) is 3.28. The van der Waals surface area contributed by atoms with Crippen LogP contribution < -0.4 is 5.73 Å². The van der Waals surface area contributed by atoms with Crippen LogP contribution in [0.25, 0.3) is 0 Å². The summed E-state index contributed by atoms with van der Waals surface area (Å²) >= 11 is 0. The fourth-order valence-electron chi connectivity index (χ4n) is 2.11. The lowest BCUT2D eigenvalue weighted by atomic mass is 10.0. The third kappa shape index (κ3) is 2.85. The van der Waals surface area contributed by atoms with Gasteiger partial charge in [0.05, 0.1) is 6.42 Å². The van der Waals surface area contributed by atoms with E-state index in [1.807, 2.05) is 0 Å². The minimum absolute atomic E-state index is 0.124. The fraction of sp³-hybridized carbons (Fsp3) is 0.462. The highest BCUT2D eigenvalue weighted by Gasteiger charge is 2.22. The quantitative estimate of drug-likeness (QED) is 0.868. The van der Waals surface area contributed by atoms with Crippen molar-refractivity contribution in [2.75, 3.05) is 13.1 Å². The van der Waals surface area contributed by atoms with E-state index in [9.17, 15) is 13.6 Å². The summed E-state index contributed by atoms with van der Waals surface area (Å²) < 4.78 is 26.8. The molecule has 0 saturated carbocycles. The first-order chi connectivity index (χ1) is 8.58. The van der Waals surface area contributed by atoms with E-state index in [2.05, 4.69) is 0 Å². The van der Waals surface area contributed by atoms with Crippen LogP contribution in [0, 0.1) is 11.6 Å². The number of amides is 1. The molecular weight excluding hydrogens is 238 g/mol. The number of hydrogen-bond acceptors (Lipinski definition) is 2. The van der Waals surface area contributed by atoms with Gasteiger partial charge in [-0.05, 0) is 25.0 Å². The molecule has 1 aromatic carbocycles. The molecule has 1 heterocycles. The largest absolute Gasteiger partial charge is 0.342 e. The summed E-state index contributed by atoms with van der Waals surface area (Å²) in [5, 5.41) is 0. The highest BCUT2D eigenvalue weighted by Crippen LogP contribution is 2.15. The average Bonchev–Trinajstić information content (AvgIpc) is 2.34. The van der Waals surface area contributed by atoms with Gasteiger partial charge in [0.15, 0.2) is 0 Å². The SMILES string of the molecule is NC1CCN(C(=O)Cc2c(F)cccc2F)CC1. The van der Waals surface area contributed by atoms with Gasteiger partial charge in [0, 0.05) is 24.7 Å². The average molecular weight is 254 g/mol. The number of halogens is 2. The number of carbonyl (C=O) groups excluding carboxylic acids is 1. The number of rotatable bonds is 2. The molecule has 0 unspecified atom stereocenters. The van der Waals surface area contributed by atoms with Crippen molar-refractivity contribution in [1.29, 1.82) is 0 Å². The molecule has 1 aliphatic heterocycles. The van der Waals surface area contributed by atoms with E-state index < -0.39 is 11.6 Å². The van der Waals surface area contributed by atoms with E-state index in [4.69, 9.17) is 5.73 Å². The number of carbonyl (C=O) groups is 1. The molecule has 0 aromatic heterocycles. The van der Waals surface area contributed by atoms with Gasteiger partial charge >= 0.3 is 0 Å². The van der Waals surface area contributed by atoms with Crippen molar-refractivity contribution >= 4 is 5.91 Å². The van der Waals surface area contributed by atoms with Crippen molar-refractivity contribution < 1.29 is 13.6 Å². The Morgan fingerprint density at radius 1 is 1.28 bits per heavy atom. The van der Waals surface area contributed by atoms with E-state index in [1.165, 1.54) is 6.07 Å². The maximum atomic E-state index is 13.4. The summed E-state index contributed by atoms with van der Waals surface area (Å²) in [4.78, 5) is 13.6. The summed E-state index contributed by atoms with van der Waals surface area (Å²) in [6.45, 7) is 1.13. The molecule has 0 spiro atoms. The lowest BCUT2D eigenvalue weighted by Gasteiger charge is -2.30. The Bertz CT molecular complexity index is 422. The molecule has 3 nitrogen and oxygen atoms in total. The zero-order valence-corrected chi connectivity index (χ0v) is 10.0. The lowest BCUT2D eigenvalue weighted by molar-refractivity contribution is -0.131. The molecule has 0 radical (unpaired) electrons. The molecule has 1 saturated heterocycles. The summed E-state index contributed by atoms with van der Waals surface area (Å²) in [7, 11) is 0. The van der Waals surface area contributed by atoms with Crippen LogP contribution >= 0.6 is 0 Å². The predicted molar refractivity (Wildman–Crippen MR) is 63.9 cm³/mol. The first kappa shape index (κ1) is 13.0. The second-order valence-electron chi connectivity index (χ2n) is 4.60. The molecule has 1 aromatic rings. The zero-order valence-electron chi connectivity index (χ0n) is 10.0. The summed E-state index contributed by atoms with van der Waals surface area (Å²) in [5.41, 5.74) is 5.58. The second-order valence-corrected chi connectivity index (χ2v) is 4.60. The van der Waals surface area contributed by atoms with Crippen LogP contribution in [0.4, 0.5) is 8.78 Å². The lowest BCUT2D eigenvalue weighted by Crippen LogP contribution is -2.43. The molecule has 0 atom stereocenters. The van der Waals surface area contributed by atoms with Crippen molar-refractivity contribution in [3.05, 3.63) is 35.4 Å². The monoisotopic (exact) mass is 254 g/mol. The van der Waals surface area contributed by atoms with Gasteiger partial charge in [0.1, 0.15) is 11.6 Å². The molecule has 98 valence electrons. The van der Waals surface area contributed by atoms with Crippen molar-refractivity contribution in [1.82, 2.24) is 4.90 Å². The molecule has 0 bridgehead atoms. The van der Waals surface area contributed by atoms with Gasteiger partial charge in [-0.25, -0.2) is 8.78 Å². The van der Waals surface area contributed by atoms with Crippen molar-refractivity contribution in [2.24, 2.45) is 5.73 Å². The van der Waals surface area contributed by atoms with Crippen LogP contribution in [0.15, 0.2) is 18.2 Å². The van der Waals surface area contributed by atoms with E-state index in [0.717, 1.165) is 25.0 Å². The van der Waals surface area contributed by atoms with Crippen LogP contribution in [-0.2, 0) is 11.2 Å². The number of likely N-dealkylation sites (tertiary alicyclic amines) is 1. The van der Waals surface area contributed by atoms with Crippen LogP contribution in [0.1, 0.15) is 18.4 Å². The fourth-order valence-corrected chi connectivity index (χ4v) is 2.11. The van der Waals surface area contributed by atoms with Gasteiger partial charge in [0.2, 0.25) is 5.91 Å². The van der Waals surface area contributed by atoms with Crippen LogP contribution in [-0.4, -0.2) is 29.9 Å². The minimum Gasteiger partial charge on any atom is -0.342 e. The van der Waals surface area contributed by atoms with E-state index in [-0.39, 0.29) is 23.9 Å². The van der Waals surface area contributed by atoms with Gasteiger partial charge in [-0.15, -0.1) is 0 Å². The zero-order chi connectivity index (χ0) is 13.1. The Kier molecular flexibility index (Phi) is 3.91. The normalized spacial score (nSPS) is 16.9. The first-order valence-corrected chi connectivity index (χ1v) is 6.04. The number of piperidine rings is 1. The second kappa shape index (κ2) is 5.44. The van der Waals surface area contributed by atoms with Gasteiger partial charge in [-0.2, -0.15) is 0 Å². The molecule has 2 N–H and O–H groups in total. The Balaban J connectivity index is 2.03. The number of nitrogens with zero attached hydrogens (tertiary/aromatic N) is 1. The van der Waals surface area contributed by atoms with Gasteiger partial charge in [-0.3, -0.25) is 4.79 Å². The van der Waals surface area contributed by atoms with Crippen molar-refractivity contribution in [3.63, 3.8) is 0 Å². The minimum atomic E-state index is -0.669. The molecule has 18 heavy (non-hydrogen) atoms. The van der Waals surface area contributed by atoms with Gasteiger partial charge in [-0.1, -0.05) is 6.07 Å². The van der Waals surface area contributed by atoms with Gasteiger partial charge < -0.3 is 10.6 Å². The molecular formula is C13H16F2N2O. The van der Waals surface area contributed by atoms with E-state index in [1.54, 1.807) is 4.90 Å². The summed E-state index contributed by atoms with van der Waals surface area (Å²) in [6, 6.07) is 3.74. The smallest absolute Gasteiger partial charge is 0.227 e. The summed E-state index contributed by atoms with van der Waals surface area (Å²) in [5.74, 6) is -1.58. The highest BCUT2D eigenvalue weighted by molar-refractivity contribution is 5.79. The van der Waals surface area contributed by atoms with Crippen molar-refractivity contribution in [2.45, 2.75) is 25.3 Å². The molecule has 1 fully saturated rings. The molecule has 2 rings (SSSR count). The van der Waals surface area contributed by atoms with E-state index >= 15 is 0 Å². The molecule has 5 heteroatoms. The van der Waals surface area contributed by atoms with Crippen LogP contribution in [0.3, 0.4) is 0 Å². The summed E-state index contributed by atoms with van der Waals surface area (Å²) in [6.07, 6.45) is 1.25. The van der Waals surface area contributed by atoms with Crippen LogP contribution in [0.5, 0.6) is 0 Å². The Morgan fingerprint density at radius 2 is 1.83 bits per heavy atom. The highest BCUT2D eigenvalue weighted by atomic mass is 19.1. The maximum Gasteiger partial charge on any atom is 0.227 e. The standard InChI is InChI=1S/C13H16F2N2O/c14-11-2-1-3-12(15)10(11)8-13(18)17-6-4-9(16)5-7-17/h1-3,9H,4-8,16H2. The topological polar surface area (TPSA) is 46.3 Å². The third-order valence-electron chi connectivity index (χ3n) is 3.28. The Hall–Kier alpha value is -1.49. The van der Waals surface area contributed by atoms with Crippen LogP contribution in [0.2, 0.25) is 0 Å². The Labute approximate surface area is 105 Å². The number of nitrogens with two attached hydrogens (primary N) is 1. The van der Waals surface area contributed by atoms with E-state index in [0.29, 0.717) is 13.1 Å². The number of benzene rings is 1. The number of hydrogen-bond donors (Lipinski definition) is 1. The molecule has 1 amide bonds. The van der Waals surface area contributed by atoms with Gasteiger partial charge in [0.25, 0.3) is 0 Å².